The van der Waals surface area contributed by atoms with Crippen LogP contribution in [-0.2, 0) is 9.59 Å². The molecule has 0 N–H and O–H groups in total. The van der Waals surface area contributed by atoms with E-state index in [2.05, 4.69) is 0 Å². The van der Waals surface area contributed by atoms with Gasteiger partial charge in [-0.2, -0.15) is 0 Å². The SMILES string of the molecule is CCCC(=O)CSC(C)=O. The molecular formula is C7H12O2S. The largest absolute Gasteiger partial charge is 0.299 e. The molecule has 0 aromatic rings. The topological polar surface area (TPSA) is 34.1 Å². The Bertz CT molecular complexity index is 132. The molecule has 0 saturated heterocycles. The van der Waals surface area contributed by atoms with Crippen molar-refractivity contribution in [1.82, 2.24) is 0 Å². The van der Waals surface area contributed by atoms with Gasteiger partial charge in [0, 0.05) is 13.3 Å². The van der Waals surface area contributed by atoms with Gasteiger partial charge in [-0.05, 0) is 6.42 Å². The molecular weight excluding hydrogens is 148 g/mol. The number of carbonyl (C=O) groups is 2. The average Bonchev–Trinajstić information content (AvgIpc) is 1.85. The van der Waals surface area contributed by atoms with Crippen molar-refractivity contribution in [1.29, 1.82) is 0 Å². The summed E-state index contributed by atoms with van der Waals surface area (Å²) in [6, 6.07) is 0. The lowest BCUT2D eigenvalue weighted by molar-refractivity contribution is -0.117. The molecule has 0 atom stereocenters. The normalized spacial score (nSPS) is 9.40. The van der Waals surface area contributed by atoms with E-state index in [0.29, 0.717) is 12.2 Å². The molecule has 0 aromatic heterocycles. The van der Waals surface area contributed by atoms with E-state index in [1.807, 2.05) is 6.92 Å². The second-order valence-electron chi connectivity index (χ2n) is 2.07. The molecule has 0 fully saturated rings. The summed E-state index contributed by atoms with van der Waals surface area (Å²) in [6.07, 6.45) is 1.47. The van der Waals surface area contributed by atoms with Crippen LogP contribution in [0.5, 0.6) is 0 Å². The van der Waals surface area contributed by atoms with Crippen molar-refractivity contribution in [2.75, 3.05) is 5.75 Å². The molecule has 0 bridgehead atoms. The van der Waals surface area contributed by atoms with E-state index in [1.165, 1.54) is 6.92 Å². The van der Waals surface area contributed by atoms with E-state index < -0.39 is 0 Å². The molecule has 2 nitrogen and oxygen atoms in total. The molecule has 0 amide bonds. The Hall–Kier alpha value is -0.310. The first-order valence-electron chi connectivity index (χ1n) is 3.32. The molecule has 0 heterocycles. The van der Waals surface area contributed by atoms with Gasteiger partial charge in [-0.25, -0.2) is 0 Å². The van der Waals surface area contributed by atoms with Gasteiger partial charge >= 0.3 is 0 Å². The Labute approximate surface area is 65.4 Å². The van der Waals surface area contributed by atoms with Gasteiger partial charge in [0.1, 0.15) is 5.78 Å². The third kappa shape index (κ3) is 5.82. The summed E-state index contributed by atoms with van der Waals surface area (Å²) in [5.74, 6) is 0.520. The first-order chi connectivity index (χ1) is 4.66. The highest BCUT2D eigenvalue weighted by atomic mass is 32.2. The highest BCUT2D eigenvalue weighted by Crippen LogP contribution is 2.03. The predicted octanol–water partition coefficient (Wildman–Crippen LogP) is 1.64. The number of Topliss-reactive ketones (excluding diaryl/α,β-unsaturated/α-hetero) is 1. The number of carbonyl (C=O) groups excluding carboxylic acids is 2. The fraction of sp³-hybridized carbons (Fsp3) is 0.714. The molecule has 0 aromatic carbocycles. The summed E-state index contributed by atoms with van der Waals surface area (Å²) in [4.78, 5) is 21.1. The molecule has 0 unspecified atom stereocenters. The Kier molecular flexibility index (Phi) is 5.30. The molecule has 0 radical (unpaired) electrons. The van der Waals surface area contributed by atoms with Crippen molar-refractivity contribution >= 4 is 22.7 Å². The van der Waals surface area contributed by atoms with Crippen LogP contribution in [0.2, 0.25) is 0 Å². The van der Waals surface area contributed by atoms with Crippen molar-refractivity contribution in [2.24, 2.45) is 0 Å². The molecule has 0 aliphatic rings. The Morgan fingerprint density at radius 2 is 2.00 bits per heavy atom. The van der Waals surface area contributed by atoms with Gasteiger partial charge in [0.15, 0.2) is 5.12 Å². The van der Waals surface area contributed by atoms with Crippen molar-refractivity contribution < 1.29 is 9.59 Å². The Morgan fingerprint density at radius 1 is 1.40 bits per heavy atom. The van der Waals surface area contributed by atoms with Crippen LogP contribution in [0.25, 0.3) is 0 Å². The van der Waals surface area contributed by atoms with E-state index in [4.69, 9.17) is 0 Å². The van der Waals surface area contributed by atoms with Crippen molar-refractivity contribution in [3.63, 3.8) is 0 Å². The van der Waals surface area contributed by atoms with Gasteiger partial charge in [0.2, 0.25) is 0 Å². The number of rotatable bonds is 4. The van der Waals surface area contributed by atoms with Crippen LogP contribution in [0, 0.1) is 0 Å². The third-order valence-electron chi connectivity index (χ3n) is 0.965. The van der Waals surface area contributed by atoms with E-state index in [9.17, 15) is 9.59 Å². The highest BCUT2D eigenvalue weighted by Gasteiger charge is 2.01. The van der Waals surface area contributed by atoms with E-state index >= 15 is 0 Å². The lowest BCUT2D eigenvalue weighted by Gasteiger charge is -1.93. The number of thioether (sulfide) groups is 1. The fourth-order valence-electron chi connectivity index (χ4n) is 0.533. The Morgan fingerprint density at radius 3 is 2.40 bits per heavy atom. The minimum Gasteiger partial charge on any atom is -0.299 e. The first kappa shape index (κ1) is 9.69. The summed E-state index contributed by atoms with van der Waals surface area (Å²) in [7, 11) is 0. The van der Waals surface area contributed by atoms with Crippen LogP contribution in [0.4, 0.5) is 0 Å². The van der Waals surface area contributed by atoms with E-state index in [-0.39, 0.29) is 10.9 Å². The Balaban J connectivity index is 3.30. The molecule has 0 saturated carbocycles. The summed E-state index contributed by atoms with van der Waals surface area (Å²) in [5.41, 5.74) is 0. The minimum absolute atomic E-state index is 0.0180. The molecule has 0 rings (SSSR count). The maximum Gasteiger partial charge on any atom is 0.186 e. The zero-order valence-electron chi connectivity index (χ0n) is 6.35. The molecule has 0 aliphatic heterocycles. The van der Waals surface area contributed by atoms with Gasteiger partial charge in [-0.15, -0.1) is 0 Å². The van der Waals surface area contributed by atoms with E-state index in [1.54, 1.807) is 0 Å². The average molecular weight is 160 g/mol. The van der Waals surface area contributed by atoms with Crippen LogP contribution < -0.4 is 0 Å². The van der Waals surface area contributed by atoms with Gasteiger partial charge in [-0.1, -0.05) is 18.7 Å². The van der Waals surface area contributed by atoms with Crippen LogP contribution in [0.1, 0.15) is 26.7 Å². The summed E-state index contributed by atoms with van der Waals surface area (Å²) >= 11 is 1.09. The van der Waals surface area contributed by atoms with Crippen LogP contribution in [0.3, 0.4) is 0 Å². The minimum atomic E-state index is 0.0180. The fourth-order valence-corrected chi connectivity index (χ4v) is 1.04. The third-order valence-corrected chi connectivity index (χ3v) is 1.84. The summed E-state index contributed by atoms with van der Waals surface area (Å²) in [5, 5.41) is 0.0180. The standard InChI is InChI=1S/C7H12O2S/c1-3-4-7(9)5-10-6(2)8/h3-5H2,1-2H3. The molecule has 10 heavy (non-hydrogen) atoms. The maximum atomic E-state index is 10.8. The van der Waals surface area contributed by atoms with Gasteiger partial charge in [-0.3, -0.25) is 9.59 Å². The smallest absolute Gasteiger partial charge is 0.186 e. The predicted molar refractivity (Wildman–Crippen MR) is 43.1 cm³/mol. The maximum absolute atomic E-state index is 10.8. The van der Waals surface area contributed by atoms with Crippen LogP contribution in [-0.4, -0.2) is 16.7 Å². The second-order valence-corrected chi connectivity index (χ2v) is 3.22. The molecule has 58 valence electrons. The van der Waals surface area contributed by atoms with Crippen LogP contribution >= 0.6 is 11.8 Å². The molecule has 3 heteroatoms. The quantitative estimate of drug-likeness (QED) is 0.627. The second kappa shape index (κ2) is 5.47. The van der Waals surface area contributed by atoms with Crippen molar-refractivity contribution in [3.05, 3.63) is 0 Å². The number of ketones is 1. The summed E-state index contributed by atoms with van der Waals surface area (Å²) in [6.45, 7) is 3.43. The summed E-state index contributed by atoms with van der Waals surface area (Å²) < 4.78 is 0. The zero-order chi connectivity index (χ0) is 7.98. The van der Waals surface area contributed by atoms with Gasteiger partial charge in [0.25, 0.3) is 0 Å². The monoisotopic (exact) mass is 160 g/mol. The number of hydrogen-bond acceptors (Lipinski definition) is 3. The lowest BCUT2D eigenvalue weighted by atomic mass is 10.3. The first-order valence-corrected chi connectivity index (χ1v) is 4.30. The van der Waals surface area contributed by atoms with Gasteiger partial charge in [0.05, 0.1) is 5.75 Å². The lowest BCUT2D eigenvalue weighted by Crippen LogP contribution is -2.01. The van der Waals surface area contributed by atoms with Crippen molar-refractivity contribution in [3.8, 4) is 0 Å². The van der Waals surface area contributed by atoms with Gasteiger partial charge < -0.3 is 0 Å². The van der Waals surface area contributed by atoms with E-state index in [0.717, 1.165) is 18.2 Å². The molecule has 0 aliphatic carbocycles. The number of hydrogen-bond donors (Lipinski definition) is 0. The molecule has 0 spiro atoms. The highest BCUT2D eigenvalue weighted by molar-refractivity contribution is 8.14. The zero-order valence-corrected chi connectivity index (χ0v) is 7.16. The van der Waals surface area contributed by atoms with Crippen molar-refractivity contribution in [2.45, 2.75) is 26.7 Å². The van der Waals surface area contributed by atoms with Crippen LogP contribution in [0.15, 0.2) is 0 Å².